The van der Waals surface area contributed by atoms with Gasteiger partial charge in [-0.05, 0) is 51.0 Å². The van der Waals surface area contributed by atoms with Gasteiger partial charge in [-0.1, -0.05) is 6.92 Å². The first kappa shape index (κ1) is 13.9. The van der Waals surface area contributed by atoms with E-state index >= 15 is 0 Å². The summed E-state index contributed by atoms with van der Waals surface area (Å²) in [6.07, 6.45) is 1.25. The van der Waals surface area contributed by atoms with Gasteiger partial charge < -0.3 is 15.0 Å². The number of hydrogen-bond acceptors (Lipinski definition) is 2. The third kappa shape index (κ3) is 2.47. The number of fused-ring (bicyclic) bond motifs is 1. The Kier molecular flexibility index (Phi) is 4.15. The van der Waals surface area contributed by atoms with Crippen LogP contribution in [-0.4, -0.2) is 10.7 Å². The second-order valence-corrected chi connectivity index (χ2v) is 5.03. The molecule has 0 aliphatic carbocycles. The van der Waals surface area contributed by atoms with Crippen molar-refractivity contribution in [2.75, 3.05) is 0 Å². The molecule has 0 spiro atoms. The summed E-state index contributed by atoms with van der Waals surface area (Å²) >= 11 is 0. The number of benzene rings is 1. The maximum atomic E-state index is 5.91. The summed E-state index contributed by atoms with van der Waals surface area (Å²) in [5.74, 6) is 0.935. The highest BCUT2D eigenvalue weighted by Crippen LogP contribution is 2.29. The lowest BCUT2D eigenvalue weighted by molar-refractivity contribution is 0.217. The topological polar surface area (TPSA) is 40.2 Å². The number of aromatic nitrogens is 1. The second-order valence-electron chi connectivity index (χ2n) is 5.03. The predicted molar refractivity (Wildman–Crippen MR) is 80.6 cm³/mol. The Morgan fingerprint density at radius 1 is 1.32 bits per heavy atom. The van der Waals surface area contributed by atoms with Crippen LogP contribution in [0, 0.1) is 6.92 Å². The first-order valence-corrected chi connectivity index (χ1v) is 7.10. The zero-order chi connectivity index (χ0) is 14.0. The minimum Gasteiger partial charge on any atom is -0.491 e. The summed E-state index contributed by atoms with van der Waals surface area (Å²) in [6, 6.07) is 6.33. The molecule has 0 amide bonds. The fraction of sp³-hybridized carbons (Fsp3) is 0.500. The highest BCUT2D eigenvalue weighted by molar-refractivity contribution is 5.86. The van der Waals surface area contributed by atoms with Crippen LogP contribution in [0.3, 0.4) is 0 Å². The minimum absolute atomic E-state index is 0.244. The lowest BCUT2D eigenvalue weighted by Gasteiger charge is -2.12. The fourth-order valence-corrected chi connectivity index (χ4v) is 2.58. The van der Waals surface area contributed by atoms with Crippen molar-refractivity contribution in [3.8, 4) is 5.75 Å². The van der Waals surface area contributed by atoms with Crippen molar-refractivity contribution < 1.29 is 4.74 Å². The van der Waals surface area contributed by atoms with E-state index < -0.39 is 0 Å². The minimum atomic E-state index is 0.244. The number of aryl methyl sites for hydroxylation is 1. The number of nitrogens with zero attached hydrogens (tertiary/aromatic N) is 1. The Bertz CT molecular complexity index is 572. The van der Waals surface area contributed by atoms with Gasteiger partial charge in [0.25, 0.3) is 0 Å². The fourth-order valence-electron chi connectivity index (χ4n) is 2.58. The molecule has 3 nitrogen and oxygen atoms in total. The molecule has 1 atom stereocenters. The molecule has 19 heavy (non-hydrogen) atoms. The number of ether oxygens (including phenoxy) is 1. The maximum Gasteiger partial charge on any atom is 0.120 e. The Morgan fingerprint density at radius 2 is 2.05 bits per heavy atom. The molecule has 0 aliphatic heterocycles. The first-order valence-electron chi connectivity index (χ1n) is 7.10. The van der Waals surface area contributed by atoms with Crippen LogP contribution in [-0.2, 0) is 13.1 Å². The zero-order valence-electron chi connectivity index (χ0n) is 12.4. The van der Waals surface area contributed by atoms with Gasteiger partial charge >= 0.3 is 0 Å². The van der Waals surface area contributed by atoms with Gasteiger partial charge in [0.05, 0.1) is 6.10 Å². The van der Waals surface area contributed by atoms with Crippen molar-refractivity contribution in [2.45, 2.75) is 53.3 Å². The average Bonchev–Trinajstić information content (AvgIpc) is 2.68. The van der Waals surface area contributed by atoms with E-state index in [0.29, 0.717) is 6.54 Å². The van der Waals surface area contributed by atoms with Gasteiger partial charge in [-0.3, -0.25) is 0 Å². The summed E-state index contributed by atoms with van der Waals surface area (Å²) < 4.78 is 8.21. The highest BCUT2D eigenvalue weighted by atomic mass is 16.5. The molecule has 0 aliphatic rings. The summed E-state index contributed by atoms with van der Waals surface area (Å²) in [7, 11) is 0. The van der Waals surface area contributed by atoms with Crippen LogP contribution < -0.4 is 10.5 Å². The molecule has 0 radical (unpaired) electrons. The first-order chi connectivity index (χ1) is 9.12. The van der Waals surface area contributed by atoms with E-state index in [9.17, 15) is 0 Å². The van der Waals surface area contributed by atoms with Crippen LogP contribution in [0.25, 0.3) is 10.9 Å². The lowest BCUT2D eigenvalue weighted by atomic mass is 10.1. The molecule has 1 heterocycles. The standard InChI is InChI=1S/C16H24N2O/c1-5-11(3)19-13-7-8-16-14(9-13)15(10-17)12(4)18(16)6-2/h7-9,11H,5-6,10,17H2,1-4H3/t11-/m1/s1. The molecule has 3 heteroatoms. The normalized spacial score (nSPS) is 12.9. The van der Waals surface area contributed by atoms with Crippen molar-refractivity contribution in [3.05, 3.63) is 29.5 Å². The van der Waals surface area contributed by atoms with Gasteiger partial charge in [-0.25, -0.2) is 0 Å². The third-order valence-corrected chi connectivity index (χ3v) is 3.86. The molecule has 2 aromatic rings. The molecule has 0 unspecified atom stereocenters. The molecular formula is C16H24N2O. The van der Waals surface area contributed by atoms with Crippen molar-refractivity contribution in [3.63, 3.8) is 0 Å². The maximum absolute atomic E-state index is 5.91. The van der Waals surface area contributed by atoms with Crippen molar-refractivity contribution >= 4 is 10.9 Å². The lowest BCUT2D eigenvalue weighted by Crippen LogP contribution is -2.09. The molecule has 1 aromatic carbocycles. The molecule has 104 valence electrons. The summed E-state index contributed by atoms with van der Waals surface area (Å²) in [4.78, 5) is 0. The van der Waals surface area contributed by atoms with Crippen LogP contribution in [0.1, 0.15) is 38.4 Å². The van der Waals surface area contributed by atoms with Crippen LogP contribution in [0.2, 0.25) is 0 Å². The molecule has 2 N–H and O–H groups in total. The molecule has 0 saturated heterocycles. The highest BCUT2D eigenvalue weighted by Gasteiger charge is 2.13. The van der Waals surface area contributed by atoms with Gasteiger partial charge in [-0.2, -0.15) is 0 Å². The summed E-state index contributed by atoms with van der Waals surface area (Å²) in [6.45, 7) is 10.1. The molecule has 1 aromatic heterocycles. The number of nitrogens with two attached hydrogens (primary N) is 1. The van der Waals surface area contributed by atoms with E-state index in [1.54, 1.807) is 0 Å². The summed E-state index contributed by atoms with van der Waals surface area (Å²) in [5.41, 5.74) is 9.65. The third-order valence-electron chi connectivity index (χ3n) is 3.86. The number of hydrogen-bond donors (Lipinski definition) is 1. The van der Waals surface area contributed by atoms with E-state index in [0.717, 1.165) is 18.7 Å². The Hall–Kier alpha value is -1.48. The van der Waals surface area contributed by atoms with Crippen molar-refractivity contribution in [1.82, 2.24) is 4.57 Å². The van der Waals surface area contributed by atoms with E-state index in [-0.39, 0.29) is 6.10 Å². The van der Waals surface area contributed by atoms with Gasteiger partial charge in [0.15, 0.2) is 0 Å². The zero-order valence-corrected chi connectivity index (χ0v) is 12.4. The monoisotopic (exact) mass is 260 g/mol. The van der Waals surface area contributed by atoms with Gasteiger partial charge in [-0.15, -0.1) is 0 Å². The van der Waals surface area contributed by atoms with E-state index in [2.05, 4.69) is 50.5 Å². The Balaban J connectivity index is 2.52. The Morgan fingerprint density at radius 3 is 2.63 bits per heavy atom. The van der Waals surface area contributed by atoms with Crippen LogP contribution >= 0.6 is 0 Å². The second kappa shape index (κ2) is 5.66. The molecule has 2 rings (SSSR count). The molecule has 0 saturated carbocycles. The number of rotatable bonds is 5. The van der Waals surface area contributed by atoms with Gasteiger partial charge in [0.2, 0.25) is 0 Å². The summed E-state index contributed by atoms with van der Waals surface area (Å²) in [5, 5.41) is 1.22. The van der Waals surface area contributed by atoms with E-state index in [4.69, 9.17) is 10.5 Å². The molecular weight excluding hydrogens is 236 g/mol. The largest absolute Gasteiger partial charge is 0.491 e. The average molecular weight is 260 g/mol. The van der Waals surface area contributed by atoms with E-state index in [1.807, 2.05) is 0 Å². The SMILES string of the molecule is CC[C@@H](C)Oc1ccc2c(c1)c(CN)c(C)n2CC. The quantitative estimate of drug-likeness (QED) is 0.892. The smallest absolute Gasteiger partial charge is 0.120 e. The molecule has 0 bridgehead atoms. The van der Waals surface area contributed by atoms with Crippen LogP contribution in [0.4, 0.5) is 0 Å². The van der Waals surface area contributed by atoms with Crippen molar-refractivity contribution in [1.29, 1.82) is 0 Å². The van der Waals surface area contributed by atoms with Gasteiger partial charge in [0, 0.05) is 29.7 Å². The van der Waals surface area contributed by atoms with Crippen LogP contribution in [0.15, 0.2) is 18.2 Å². The van der Waals surface area contributed by atoms with E-state index in [1.165, 1.54) is 22.2 Å². The van der Waals surface area contributed by atoms with Crippen LogP contribution in [0.5, 0.6) is 5.75 Å². The predicted octanol–water partition coefficient (Wildman–Crippen LogP) is 3.61. The van der Waals surface area contributed by atoms with Crippen molar-refractivity contribution in [2.24, 2.45) is 5.73 Å². The molecule has 0 fully saturated rings. The Labute approximate surface area is 115 Å². The van der Waals surface area contributed by atoms with Gasteiger partial charge in [0.1, 0.15) is 5.75 Å².